The number of nitriles is 1. The number of nitrogens with zero attached hydrogens (tertiary/aromatic N) is 2. The molecule has 5 heteroatoms. The standard InChI is InChI=1S/C12H13N3O2/c1-8-12(16)14-10-7-9(15(2)6-5-13)3-4-11(10)17-8/h3-4,7-8H,6H2,1-2H3,(H,14,16). The maximum absolute atomic E-state index is 11.5. The Kier molecular flexibility index (Phi) is 2.88. The highest BCUT2D eigenvalue weighted by molar-refractivity contribution is 5.98. The van der Waals surface area contributed by atoms with E-state index in [1.807, 2.05) is 13.1 Å². The van der Waals surface area contributed by atoms with E-state index < -0.39 is 6.10 Å². The van der Waals surface area contributed by atoms with Gasteiger partial charge in [-0.1, -0.05) is 0 Å². The van der Waals surface area contributed by atoms with Gasteiger partial charge in [-0.2, -0.15) is 5.26 Å². The monoisotopic (exact) mass is 231 g/mol. The van der Waals surface area contributed by atoms with Crippen LogP contribution in [0.4, 0.5) is 11.4 Å². The molecule has 1 aliphatic heterocycles. The first-order valence-corrected chi connectivity index (χ1v) is 5.31. The molecule has 1 aliphatic rings. The fourth-order valence-electron chi connectivity index (χ4n) is 1.63. The molecule has 1 aromatic rings. The molecule has 1 atom stereocenters. The highest BCUT2D eigenvalue weighted by Crippen LogP contribution is 2.32. The summed E-state index contributed by atoms with van der Waals surface area (Å²) in [5, 5.41) is 11.4. The zero-order valence-electron chi connectivity index (χ0n) is 9.73. The second-order valence-electron chi connectivity index (χ2n) is 3.94. The molecule has 0 saturated carbocycles. The van der Waals surface area contributed by atoms with Crippen LogP contribution in [0.2, 0.25) is 0 Å². The van der Waals surface area contributed by atoms with E-state index >= 15 is 0 Å². The van der Waals surface area contributed by atoms with Crippen LogP contribution in [0.15, 0.2) is 18.2 Å². The van der Waals surface area contributed by atoms with E-state index in [2.05, 4.69) is 11.4 Å². The van der Waals surface area contributed by atoms with E-state index in [1.165, 1.54) is 0 Å². The van der Waals surface area contributed by atoms with E-state index in [0.717, 1.165) is 5.69 Å². The first-order chi connectivity index (χ1) is 8.11. The largest absolute Gasteiger partial charge is 0.479 e. The number of benzene rings is 1. The van der Waals surface area contributed by atoms with Crippen molar-refractivity contribution in [3.05, 3.63) is 18.2 Å². The van der Waals surface area contributed by atoms with Crippen LogP contribution < -0.4 is 15.0 Å². The smallest absolute Gasteiger partial charge is 0.265 e. The van der Waals surface area contributed by atoms with E-state index in [-0.39, 0.29) is 5.91 Å². The second-order valence-corrected chi connectivity index (χ2v) is 3.94. The van der Waals surface area contributed by atoms with Gasteiger partial charge in [0.15, 0.2) is 6.10 Å². The lowest BCUT2D eigenvalue weighted by Crippen LogP contribution is -2.34. The van der Waals surface area contributed by atoms with Crippen molar-refractivity contribution in [2.45, 2.75) is 13.0 Å². The molecule has 2 rings (SSSR count). The Hall–Kier alpha value is -2.22. The van der Waals surface area contributed by atoms with Gasteiger partial charge < -0.3 is 15.0 Å². The number of carbonyl (C=O) groups is 1. The molecular formula is C12H13N3O2. The van der Waals surface area contributed by atoms with Crippen molar-refractivity contribution in [2.75, 3.05) is 23.8 Å². The molecule has 5 nitrogen and oxygen atoms in total. The van der Waals surface area contributed by atoms with Gasteiger partial charge in [0.25, 0.3) is 5.91 Å². The SMILES string of the molecule is CC1Oc2ccc(N(C)CC#N)cc2NC1=O. The molecule has 0 radical (unpaired) electrons. The van der Waals surface area contributed by atoms with Crippen molar-refractivity contribution in [1.82, 2.24) is 0 Å². The van der Waals surface area contributed by atoms with Crippen molar-refractivity contribution in [3.63, 3.8) is 0 Å². The summed E-state index contributed by atoms with van der Waals surface area (Å²) >= 11 is 0. The summed E-state index contributed by atoms with van der Waals surface area (Å²) in [6.45, 7) is 2.00. The highest BCUT2D eigenvalue weighted by Gasteiger charge is 2.23. The van der Waals surface area contributed by atoms with Gasteiger partial charge in [-0.15, -0.1) is 0 Å². The third-order valence-electron chi connectivity index (χ3n) is 2.64. The highest BCUT2D eigenvalue weighted by atomic mass is 16.5. The third-order valence-corrected chi connectivity index (χ3v) is 2.64. The van der Waals surface area contributed by atoms with E-state index in [4.69, 9.17) is 10.00 Å². The van der Waals surface area contributed by atoms with Crippen molar-refractivity contribution < 1.29 is 9.53 Å². The first kappa shape index (κ1) is 11.3. The molecule has 0 aliphatic carbocycles. The van der Waals surface area contributed by atoms with Crippen molar-refractivity contribution in [2.24, 2.45) is 0 Å². The number of amides is 1. The molecule has 1 heterocycles. The summed E-state index contributed by atoms with van der Waals surface area (Å²) in [6, 6.07) is 7.53. The van der Waals surface area contributed by atoms with Gasteiger partial charge in [0.05, 0.1) is 11.8 Å². The Morgan fingerprint density at radius 1 is 1.59 bits per heavy atom. The fourth-order valence-corrected chi connectivity index (χ4v) is 1.63. The molecule has 0 fully saturated rings. The normalized spacial score (nSPS) is 17.5. The van der Waals surface area contributed by atoms with Gasteiger partial charge in [-0.25, -0.2) is 0 Å². The molecule has 0 saturated heterocycles. The molecular weight excluding hydrogens is 218 g/mol. The van der Waals surface area contributed by atoms with Gasteiger partial charge in [-0.05, 0) is 25.1 Å². The number of carbonyl (C=O) groups excluding carboxylic acids is 1. The Morgan fingerprint density at radius 2 is 2.35 bits per heavy atom. The van der Waals surface area contributed by atoms with Crippen molar-refractivity contribution >= 4 is 17.3 Å². The number of rotatable bonds is 2. The fraction of sp³-hybridized carbons (Fsp3) is 0.333. The van der Waals surface area contributed by atoms with E-state index in [1.54, 1.807) is 24.0 Å². The minimum absolute atomic E-state index is 0.155. The third kappa shape index (κ3) is 2.16. The molecule has 1 unspecified atom stereocenters. The van der Waals surface area contributed by atoms with Crippen LogP contribution in [0.5, 0.6) is 5.75 Å². The zero-order valence-corrected chi connectivity index (χ0v) is 9.73. The summed E-state index contributed by atoms with van der Waals surface area (Å²) in [6.07, 6.45) is -0.467. The van der Waals surface area contributed by atoms with Crippen molar-refractivity contribution in [1.29, 1.82) is 5.26 Å². The minimum atomic E-state index is -0.467. The molecule has 0 spiro atoms. The number of hydrogen-bond acceptors (Lipinski definition) is 4. The Balaban J connectivity index is 2.29. The molecule has 1 aromatic carbocycles. The predicted octanol–water partition coefficient (Wildman–Crippen LogP) is 1.37. The number of nitrogens with one attached hydrogen (secondary N) is 1. The zero-order chi connectivity index (χ0) is 12.4. The summed E-state index contributed by atoms with van der Waals surface area (Å²) < 4.78 is 5.44. The minimum Gasteiger partial charge on any atom is -0.479 e. The summed E-state index contributed by atoms with van der Waals surface area (Å²) in [7, 11) is 1.82. The molecule has 1 N–H and O–H groups in total. The quantitative estimate of drug-likeness (QED) is 0.780. The van der Waals surface area contributed by atoms with Crippen LogP contribution in [0.3, 0.4) is 0 Å². The summed E-state index contributed by atoms with van der Waals surface area (Å²) in [5.74, 6) is 0.504. The average molecular weight is 231 g/mol. The van der Waals surface area contributed by atoms with Gasteiger partial charge in [0, 0.05) is 12.7 Å². The number of anilines is 2. The number of hydrogen-bond donors (Lipinski definition) is 1. The van der Waals surface area contributed by atoms with Crippen LogP contribution in [0, 0.1) is 11.3 Å². The van der Waals surface area contributed by atoms with Gasteiger partial charge in [0.2, 0.25) is 0 Å². The Morgan fingerprint density at radius 3 is 3.06 bits per heavy atom. The molecule has 17 heavy (non-hydrogen) atoms. The lowest BCUT2D eigenvalue weighted by atomic mass is 10.2. The van der Waals surface area contributed by atoms with Crippen LogP contribution in [-0.4, -0.2) is 25.6 Å². The maximum atomic E-state index is 11.5. The lowest BCUT2D eigenvalue weighted by Gasteiger charge is -2.25. The van der Waals surface area contributed by atoms with Crippen LogP contribution >= 0.6 is 0 Å². The number of ether oxygens (including phenoxy) is 1. The van der Waals surface area contributed by atoms with Gasteiger partial charge in [0.1, 0.15) is 12.3 Å². The van der Waals surface area contributed by atoms with Crippen molar-refractivity contribution in [3.8, 4) is 11.8 Å². The summed E-state index contributed by atoms with van der Waals surface area (Å²) in [5.41, 5.74) is 1.51. The molecule has 0 aromatic heterocycles. The van der Waals surface area contributed by atoms with E-state index in [9.17, 15) is 4.79 Å². The number of fused-ring (bicyclic) bond motifs is 1. The second kappa shape index (κ2) is 4.34. The van der Waals surface area contributed by atoms with E-state index in [0.29, 0.717) is 18.0 Å². The lowest BCUT2D eigenvalue weighted by molar-refractivity contribution is -0.122. The first-order valence-electron chi connectivity index (χ1n) is 5.31. The Bertz CT molecular complexity index is 493. The topological polar surface area (TPSA) is 65.4 Å². The van der Waals surface area contributed by atoms with Gasteiger partial charge >= 0.3 is 0 Å². The summed E-state index contributed by atoms with van der Waals surface area (Å²) in [4.78, 5) is 13.3. The van der Waals surface area contributed by atoms with Crippen LogP contribution in [0.1, 0.15) is 6.92 Å². The van der Waals surface area contributed by atoms with Gasteiger partial charge in [-0.3, -0.25) is 4.79 Å². The predicted molar refractivity (Wildman–Crippen MR) is 64.0 cm³/mol. The molecule has 1 amide bonds. The van der Waals surface area contributed by atoms with Crippen LogP contribution in [0.25, 0.3) is 0 Å². The molecule has 0 bridgehead atoms. The van der Waals surface area contributed by atoms with Crippen LogP contribution in [-0.2, 0) is 4.79 Å². The average Bonchev–Trinajstić information content (AvgIpc) is 2.30. The maximum Gasteiger partial charge on any atom is 0.265 e. The Labute approximate surface area is 99.6 Å². The molecule has 88 valence electrons.